The number of thiophene rings is 1. The Hall–Kier alpha value is -1.54. The summed E-state index contributed by atoms with van der Waals surface area (Å²) in [7, 11) is 2.16. The van der Waals surface area contributed by atoms with Gasteiger partial charge in [-0.25, -0.2) is 4.39 Å². The van der Waals surface area contributed by atoms with E-state index in [9.17, 15) is 4.39 Å². The smallest absolute Gasteiger partial charge is 0.170 e. The Morgan fingerprint density at radius 2 is 2.04 bits per heavy atom. The second-order valence-corrected chi connectivity index (χ2v) is 8.06. The highest BCUT2D eigenvalue weighted by molar-refractivity contribution is 7.80. The molecule has 2 aromatic rings. The van der Waals surface area contributed by atoms with E-state index in [-0.39, 0.29) is 5.82 Å². The Balaban J connectivity index is 1.60. The van der Waals surface area contributed by atoms with Crippen molar-refractivity contribution in [1.82, 2.24) is 15.1 Å². The minimum absolute atomic E-state index is 0.230. The second-order valence-electron chi connectivity index (χ2n) is 6.67. The quantitative estimate of drug-likeness (QED) is 0.761. The summed E-state index contributed by atoms with van der Waals surface area (Å²) in [5.41, 5.74) is 1.29. The number of likely N-dealkylation sites (N-methyl/N-ethyl adjacent to an activating group) is 1. The third-order valence-electron chi connectivity index (χ3n) is 4.74. The number of nitrogens with zero attached hydrogens (tertiary/aromatic N) is 2. The third-order valence-corrected chi connectivity index (χ3v) is 5.96. The number of thiocarbonyl (C=S) groups is 1. The van der Waals surface area contributed by atoms with Crippen LogP contribution in [0, 0.1) is 12.7 Å². The zero-order valence-corrected chi connectivity index (χ0v) is 16.8. The lowest BCUT2D eigenvalue weighted by molar-refractivity contribution is 0.114. The number of rotatable bonds is 5. The molecule has 1 atom stereocenters. The average molecular weight is 393 g/mol. The van der Waals surface area contributed by atoms with Crippen molar-refractivity contribution in [3.05, 3.63) is 52.0 Å². The molecule has 3 rings (SSSR count). The van der Waals surface area contributed by atoms with Crippen molar-refractivity contribution in [2.75, 3.05) is 45.1 Å². The van der Waals surface area contributed by atoms with Gasteiger partial charge < -0.3 is 15.5 Å². The van der Waals surface area contributed by atoms with E-state index in [1.165, 1.54) is 10.9 Å². The van der Waals surface area contributed by atoms with Gasteiger partial charge in [-0.05, 0) is 55.3 Å². The molecule has 1 fully saturated rings. The molecule has 0 saturated carbocycles. The first-order valence-corrected chi connectivity index (χ1v) is 10.1. The molecule has 2 N–H and O–H groups in total. The van der Waals surface area contributed by atoms with Crippen LogP contribution in [0.5, 0.6) is 0 Å². The molecule has 4 nitrogen and oxygen atoms in total. The summed E-state index contributed by atoms with van der Waals surface area (Å²) in [5.74, 6) is -0.230. The summed E-state index contributed by atoms with van der Waals surface area (Å²) < 4.78 is 13.7. The highest BCUT2D eigenvalue weighted by Gasteiger charge is 2.24. The molecule has 0 spiro atoms. The monoisotopic (exact) mass is 392 g/mol. The first-order chi connectivity index (χ1) is 12.5. The number of hydrogen-bond donors (Lipinski definition) is 2. The number of aryl methyl sites for hydroxylation is 1. The SMILES string of the molecule is Cc1ccc(NC(=S)NC[C@H](c2cccs2)N2CCN(C)CC2)cc1F. The van der Waals surface area contributed by atoms with Crippen LogP contribution < -0.4 is 10.6 Å². The molecule has 0 radical (unpaired) electrons. The number of nitrogens with one attached hydrogen (secondary N) is 2. The van der Waals surface area contributed by atoms with E-state index < -0.39 is 0 Å². The van der Waals surface area contributed by atoms with Gasteiger partial charge in [-0.3, -0.25) is 4.90 Å². The van der Waals surface area contributed by atoms with Gasteiger partial charge in [0.25, 0.3) is 0 Å². The van der Waals surface area contributed by atoms with Gasteiger partial charge in [0.05, 0.1) is 6.04 Å². The summed E-state index contributed by atoms with van der Waals surface area (Å²) in [6, 6.07) is 9.62. The number of piperazine rings is 1. The van der Waals surface area contributed by atoms with Crippen molar-refractivity contribution in [2.45, 2.75) is 13.0 Å². The molecule has 26 heavy (non-hydrogen) atoms. The first-order valence-electron chi connectivity index (χ1n) is 8.80. The van der Waals surface area contributed by atoms with Gasteiger partial charge in [0.1, 0.15) is 5.82 Å². The Labute approximate surface area is 164 Å². The van der Waals surface area contributed by atoms with E-state index in [1.807, 2.05) is 6.07 Å². The highest BCUT2D eigenvalue weighted by Crippen LogP contribution is 2.25. The lowest BCUT2D eigenvalue weighted by Crippen LogP contribution is -2.48. The molecule has 1 saturated heterocycles. The normalized spacial score (nSPS) is 17.0. The molecular formula is C19H25FN4S2. The number of hydrogen-bond acceptors (Lipinski definition) is 4. The zero-order chi connectivity index (χ0) is 18.5. The van der Waals surface area contributed by atoms with Gasteiger partial charge in [0, 0.05) is 43.3 Å². The van der Waals surface area contributed by atoms with Gasteiger partial charge in [-0.1, -0.05) is 12.1 Å². The summed E-state index contributed by atoms with van der Waals surface area (Å²) in [4.78, 5) is 6.20. The molecule has 1 aliphatic heterocycles. The van der Waals surface area contributed by atoms with Crippen molar-refractivity contribution in [1.29, 1.82) is 0 Å². The topological polar surface area (TPSA) is 30.5 Å². The fraction of sp³-hybridized carbons (Fsp3) is 0.421. The van der Waals surface area contributed by atoms with Crippen LogP contribution in [0.1, 0.15) is 16.5 Å². The Morgan fingerprint density at radius 3 is 2.69 bits per heavy atom. The zero-order valence-electron chi connectivity index (χ0n) is 15.2. The van der Waals surface area contributed by atoms with Crippen molar-refractivity contribution in [3.8, 4) is 0 Å². The van der Waals surface area contributed by atoms with Crippen LogP contribution in [0.15, 0.2) is 35.7 Å². The molecular weight excluding hydrogens is 367 g/mol. The predicted molar refractivity (Wildman–Crippen MR) is 111 cm³/mol. The molecule has 0 amide bonds. The molecule has 1 aromatic heterocycles. The molecule has 0 unspecified atom stereocenters. The number of benzene rings is 1. The maximum absolute atomic E-state index is 13.7. The maximum Gasteiger partial charge on any atom is 0.170 e. The summed E-state index contributed by atoms with van der Waals surface area (Å²) in [5, 5.41) is 9.02. The Bertz CT molecular complexity index is 727. The van der Waals surface area contributed by atoms with Gasteiger partial charge in [0.2, 0.25) is 0 Å². The molecule has 1 aliphatic rings. The van der Waals surface area contributed by atoms with Crippen molar-refractivity contribution in [3.63, 3.8) is 0 Å². The lowest BCUT2D eigenvalue weighted by atomic mass is 10.1. The van der Waals surface area contributed by atoms with Crippen LogP contribution in [0.3, 0.4) is 0 Å². The minimum atomic E-state index is -0.230. The van der Waals surface area contributed by atoms with E-state index in [1.54, 1.807) is 24.3 Å². The lowest BCUT2D eigenvalue weighted by Gasteiger charge is -2.37. The van der Waals surface area contributed by atoms with Gasteiger partial charge in [0.15, 0.2) is 5.11 Å². The van der Waals surface area contributed by atoms with Crippen molar-refractivity contribution >= 4 is 34.4 Å². The van der Waals surface area contributed by atoms with Crippen LogP contribution in [0.4, 0.5) is 10.1 Å². The molecule has 0 bridgehead atoms. The molecule has 7 heteroatoms. The summed E-state index contributed by atoms with van der Waals surface area (Å²) >= 11 is 7.19. The highest BCUT2D eigenvalue weighted by atomic mass is 32.1. The average Bonchev–Trinajstić information content (AvgIpc) is 3.14. The largest absolute Gasteiger partial charge is 0.360 e. The van der Waals surface area contributed by atoms with Gasteiger partial charge in [-0.15, -0.1) is 11.3 Å². The van der Waals surface area contributed by atoms with E-state index >= 15 is 0 Å². The van der Waals surface area contributed by atoms with Crippen molar-refractivity contribution < 1.29 is 4.39 Å². The number of halogens is 1. The fourth-order valence-corrected chi connectivity index (χ4v) is 4.12. The van der Waals surface area contributed by atoms with E-state index in [0.29, 0.717) is 22.4 Å². The maximum atomic E-state index is 13.7. The molecule has 1 aromatic carbocycles. The predicted octanol–water partition coefficient (Wildman–Crippen LogP) is 3.47. The molecule has 2 heterocycles. The Morgan fingerprint density at radius 1 is 1.27 bits per heavy atom. The Kier molecular flexibility index (Phi) is 6.58. The van der Waals surface area contributed by atoms with Gasteiger partial charge >= 0.3 is 0 Å². The standard InChI is InChI=1S/C19H25FN4S2/c1-14-5-6-15(12-16(14)20)22-19(25)21-13-17(18-4-3-11-26-18)24-9-7-23(2)8-10-24/h3-6,11-12,17H,7-10,13H2,1-2H3,(H2,21,22,25)/t17-/m1/s1. The van der Waals surface area contributed by atoms with Crippen LogP contribution in [0.2, 0.25) is 0 Å². The van der Waals surface area contributed by atoms with Crippen LogP contribution >= 0.6 is 23.6 Å². The fourth-order valence-electron chi connectivity index (χ4n) is 3.06. The van der Waals surface area contributed by atoms with Gasteiger partial charge in [-0.2, -0.15) is 0 Å². The number of anilines is 1. The summed E-state index contributed by atoms with van der Waals surface area (Å²) in [6.45, 7) is 6.72. The van der Waals surface area contributed by atoms with Crippen LogP contribution in [-0.2, 0) is 0 Å². The van der Waals surface area contributed by atoms with E-state index in [4.69, 9.17) is 12.2 Å². The second kappa shape index (κ2) is 8.90. The minimum Gasteiger partial charge on any atom is -0.360 e. The summed E-state index contributed by atoms with van der Waals surface area (Å²) in [6.07, 6.45) is 0. The van der Waals surface area contributed by atoms with Crippen LogP contribution in [-0.4, -0.2) is 54.7 Å². The molecule has 0 aliphatic carbocycles. The van der Waals surface area contributed by atoms with Crippen LogP contribution in [0.25, 0.3) is 0 Å². The van der Waals surface area contributed by atoms with E-state index in [0.717, 1.165) is 32.7 Å². The van der Waals surface area contributed by atoms with Crippen molar-refractivity contribution in [2.24, 2.45) is 0 Å². The first kappa shape index (κ1) is 19.2. The molecule has 140 valence electrons. The third kappa shape index (κ3) is 5.01. The van der Waals surface area contributed by atoms with E-state index in [2.05, 4.69) is 45.0 Å².